The van der Waals surface area contributed by atoms with E-state index in [1.54, 1.807) is 0 Å². The molecule has 2 aromatic rings. The zero-order valence-electron chi connectivity index (χ0n) is 13.7. The topological polar surface area (TPSA) is 15.3 Å². The molecule has 2 aromatic carbocycles. The maximum Gasteiger partial charge on any atom is 0.0552 e. The van der Waals surface area contributed by atoms with Gasteiger partial charge in [0.25, 0.3) is 0 Å². The molecule has 120 valence electrons. The summed E-state index contributed by atoms with van der Waals surface area (Å²) in [5, 5.41) is 3.60. The second kappa shape index (κ2) is 6.58. The highest BCUT2D eigenvalue weighted by Crippen LogP contribution is 2.48. The third kappa shape index (κ3) is 2.88. The van der Waals surface area contributed by atoms with Gasteiger partial charge >= 0.3 is 0 Å². The summed E-state index contributed by atoms with van der Waals surface area (Å²) in [6, 6.07) is 17.7. The molecule has 2 aliphatic heterocycles. The molecule has 4 rings (SSSR count). The van der Waals surface area contributed by atoms with Gasteiger partial charge in [0.05, 0.1) is 11.4 Å². The van der Waals surface area contributed by atoms with Crippen molar-refractivity contribution in [1.82, 2.24) is 5.32 Å². The van der Waals surface area contributed by atoms with E-state index in [-0.39, 0.29) is 0 Å². The highest BCUT2D eigenvalue weighted by Gasteiger charge is 2.29. The monoisotopic (exact) mass is 324 g/mol. The van der Waals surface area contributed by atoms with E-state index >= 15 is 0 Å². The van der Waals surface area contributed by atoms with E-state index in [9.17, 15) is 0 Å². The van der Waals surface area contributed by atoms with Crippen LogP contribution in [-0.4, -0.2) is 19.6 Å². The summed E-state index contributed by atoms with van der Waals surface area (Å²) in [5.41, 5.74) is 2.74. The molecule has 0 amide bonds. The Morgan fingerprint density at radius 3 is 2.30 bits per heavy atom. The number of nitrogens with zero attached hydrogens (tertiary/aromatic N) is 1. The second-order valence-electron chi connectivity index (χ2n) is 6.57. The van der Waals surface area contributed by atoms with Crippen LogP contribution in [0.3, 0.4) is 0 Å². The Labute approximate surface area is 143 Å². The third-order valence-electron chi connectivity index (χ3n) is 5.24. The minimum Gasteiger partial charge on any atom is -0.339 e. The standard InChI is InChI=1S/C20H24N2S/c1-2-15-11-12-21-13-16(15)14-22-17-7-3-5-9-19(17)23-20-10-6-4-8-18(20)22/h3-10,15-16,21H,2,11-14H2,1H3. The third-order valence-corrected chi connectivity index (χ3v) is 6.37. The fraction of sp³-hybridized carbons (Fsp3) is 0.400. The molecular weight excluding hydrogens is 300 g/mol. The van der Waals surface area contributed by atoms with Crippen molar-refractivity contribution in [2.75, 3.05) is 24.5 Å². The van der Waals surface area contributed by atoms with Gasteiger partial charge in [-0.2, -0.15) is 0 Å². The van der Waals surface area contributed by atoms with E-state index < -0.39 is 0 Å². The Kier molecular flexibility index (Phi) is 4.32. The molecule has 2 nitrogen and oxygen atoms in total. The predicted molar refractivity (Wildman–Crippen MR) is 98.8 cm³/mol. The quantitative estimate of drug-likeness (QED) is 0.862. The lowest BCUT2D eigenvalue weighted by Crippen LogP contribution is -2.42. The van der Waals surface area contributed by atoms with Crippen molar-refractivity contribution >= 4 is 23.1 Å². The first-order valence-corrected chi connectivity index (χ1v) is 9.52. The fourth-order valence-corrected chi connectivity index (χ4v) is 5.04. The van der Waals surface area contributed by atoms with Crippen molar-refractivity contribution in [3.05, 3.63) is 48.5 Å². The maximum atomic E-state index is 3.60. The van der Waals surface area contributed by atoms with Crippen LogP contribution in [0.4, 0.5) is 11.4 Å². The van der Waals surface area contributed by atoms with Gasteiger partial charge < -0.3 is 10.2 Å². The molecule has 0 aromatic heterocycles. The van der Waals surface area contributed by atoms with Crippen molar-refractivity contribution in [3.63, 3.8) is 0 Å². The van der Waals surface area contributed by atoms with Gasteiger partial charge in [0, 0.05) is 16.3 Å². The predicted octanol–water partition coefficient (Wildman–Crippen LogP) is 4.93. The number of para-hydroxylation sites is 2. The molecular formula is C20H24N2S. The molecule has 0 radical (unpaired) electrons. The van der Waals surface area contributed by atoms with Crippen LogP contribution < -0.4 is 10.2 Å². The fourth-order valence-electron chi connectivity index (χ4n) is 3.94. The van der Waals surface area contributed by atoms with Crippen molar-refractivity contribution in [1.29, 1.82) is 0 Å². The number of benzene rings is 2. The van der Waals surface area contributed by atoms with Crippen molar-refractivity contribution in [3.8, 4) is 0 Å². The second-order valence-corrected chi connectivity index (χ2v) is 7.65. The summed E-state index contributed by atoms with van der Waals surface area (Å²) in [7, 11) is 0. The smallest absolute Gasteiger partial charge is 0.0552 e. The molecule has 23 heavy (non-hydrogen) atoms. The zero-order valence-corrected chi connectivity index (χ0v) is 14.5. The Bertz CT molecular complexity index is 639. The van der Waals surface area contributed by atoms with Gasteiger partial charge in [-0.15, -0.1) is 0 Å². The minimum atomic E-state index is 0.720. The van der Waals surface area contributed by atoms with E-state index in [2.05, 4.69) is 65.7 Å². The summed E-state index contributed by atoms with van der Waals surface area (Å²) in [6.45, 7) is 5.78. The zero-order chi connectivity index (χ0) is 15.6. The number of nitrogens with one attached hydrogen (secondary N) is 1. The first kappa shape index (κ1) is 15.1. The lowest BCUT2D eigenvalue weighted by molar-refractivity contribution is 0.253. The van der Waals surface area contributed by atoms with Crippen LogP contribution in [0.1, 0.15) is 19.8 Å². The van der Waals surface area contributed by atoms with E-state index in [0.29, 0.717) is 0 Å². The summed E-state index contributed by atoms with van der Waals surface area (Å²) in [5.74, 6) is 1.56. The van der Waals surface area contributed by atoms with Crippen molar-refractivity contribution in [2.45, 2.75) is 29.6 Å². The first-order chi connectivity index (χ1) is 11.4. The van der Waals surface area contributed by atoms with Gasteiger partial charge in [0.1, 0.15) is 0 Å². The van der Waals surface area contributed by atoms with Crippen LogP contribution in [0.15, 0.2) is 58.3 Å². The Balaban J connectivity index is 1.69. The molecule has 2 heterocycles. The normalized spacial score (nSPS) is 23.3. The first-order valence-electron chi connectivity index (χ1n) is 8.71. The van der Waals surface area contributed by atoms with Gasteiger partial charge in [-0.1, -0.05) is 49.4 Å². The molecule has 0 bridgehead atoms. The number of hydrogen-bond acceptors (Lipinski definition) is 3. The van der Waals surface area contributed by atoms with Crippen molar-refractivity contribution < 1.29 is 0 Å². The number of rotatable bonds is 3. The summed E-state index contributed by atoms with van der Waals surface area (Å²) >= 11 is 1.90. The number of piperidine rings is 1. The summed E-state index contributed by atoms with van der Waals surface area (Å²) < 4.78 is 0. The Morgan fingerprint density at radius 2 is 1.65 bits per heavy atom. The molecule has 0 aliphatic carbocycles. The molecule has 2 aliphatic rings. The Hall–Kier alpha value is -1.45. The van der Waals surface area contributed by atoms with Gasteiger partial charge in [0.15, 0.2) is 0 Å². The van der Waals surface area contributed by atoms with Gasteiger partial charge in [-0.3, -0.25) is 0 Å². The molecule has 2 atom stereocenters. The Morgan fingerprint density at radius 1 is 1.00 bits per heavy atom. The molecule has 1 saturated heterocycles. The van der Waals surface area contributed by atoms with Crippen LogP contribution in [0, 0.1) is 11.8 Å². The van der Waals surface area contributed by atoms with E-state index in [0.717, 1.165) is 24.9 Å². The summed E-state index contributed by atoms with van der Waals surface area (Å²) in [6.07, 6.45) is 2.60. The average molecular weight is 324 g/mol. The number of fused-ring (bicyclic) bond motifs is 2. The van der Waals surface area contributed by atoms with Gasteiger partial charge in [-0.25, -0.2) is 0 Å². The molecule has 3 heteroatoms. The van der Waals surface area contributed by atoms with E-state index in [1.165, 1.54) is 40.6 Å². The minimum absolute atomic E-state index is 0.720. The van der Waals surface area contributed by atoms with Crippen LogP contribution in [0.25, 0.3) is 0 Å². The van der Waals surface area contributed by atoms with Crippen LogP contribution in [-0.2, 0) is 0 Å². The van der Waals surface area contributed by atoms with E-state index in [1.807, 2.05) is 11.8 Å². The van der Waals surface area contributed by atoms with Crippen LogP contribution >= 0.6 is 11.8 Å². The SMILES string of the molecule is CCC1CCNCC1CN1c2ccccc2Sc2ccccc21. The molecule has 2 unspecified atom stereocenters. The highest BCUT2D eigenvalue weighted by molar-refractivity contribution is 7.99. The molecule has 1 N–H and O–H groups in total. The van der Waals surface area contributed by atoms with Crippen LogP contribution in [0.5, 0.6) is 0 Å². The van der Waals surface area contributed by atoms with Crippen LogP contribution in [0.2, 0.25) is 0 Å². The molecule has 1 fully saturated rings. The van der Waals surface area contributed by atoms with Gasteiger partial charge in [-0.05, 0) is 55.6 Å². The summed E-state index contributed by atoms with van der Waals surface area (Å²) in [4.78, 5) is 5.31. The van der Waals surface area contributed by atoms with E-state index in [4.69, 9.17) is 0 Å². The molecule has 0 spiro atoms. The highest BCUT2D eigenvalue weighted by atomic mass is 32.2. The lowest BCUT2D eigenvalue weighted by Gasteiger charge is -2.39. The van der Waals surface area contributed by atoms with Crippen molar-refractivity contribution in [2.24, 2.45) is 11.8 Å². The van der Waals surface area contributed by atoms with Gasteiger partial charge in [0.2, 0.25) is 0 Å². The molecule has 0 saturated carbocycles. The average Bonchev–Trinajstić information content (AvgIpc) is 2.62. The lowest BCUT2D eigenvalue weighted by atomic mass is 9.84. The number of hydrogen-bond donors (Lipinski definition) is 1. The maximum absolute atomic E-state index is 3.60. The largest absolute Gasteiger partial charge is 0.339 e. The number of anilines is 2.